The van der Waals surface area contributed by atoms with Gasteiger partial charge in [0.15, 0.2) is 0 Å². The predicted octanol–water partition coefficient (Wildman–Crippen LogP) is 2.60. The predicted molar refractivity (Wildman–Crippen MR) is 89.1 cm³/mol. The van der Waals surface area contributed by atoms with E-state index in [1.165, 1.54) is 23.7 Å². The van der Waals surface area contributed by atoms with E-state index >= 15 is 0 Å². The Morgan fingerprint density at radius 2 is 2.24 bits per heavy atom. The van der Waals surface area contributed by atoms with Gasteiger partial charge in [-0.25, -0.2) is 4.98 Å². The Bertz CT molecular complexity index is 455. The van der Waals surface area contributed by atoms with Crippen LogP contribution in [0, 0.1) is 0 Å². The van der Waals surface area contributed by atoms with Crippen molar-refractivity contribution in [2.24, 2.45) is 0 Å². The molecule has 0 bridgehead atoms. The second kappa shape index (κ2) is 6.73. The quantitative estimate of drug-likeness (QED) is 0.848. The van der Waals surface area contributed by atoms with Crippen LogP contribution in [0.15, 0.2) is 5.38 Å². The van der Waals surface area contributed by atoms with Crippen molar-refractivity contribution in [3.63, 3.8) is 0 Å². The van der Waals surface area contributed by atoms with Gasteiger partial charge in [0.05, 0.1) is 17.8 Å². The van der Waals surface area contributed by atoms with Crippen molar-refractivity contribution < 1.29 is 4.74 Å². The van der Waals surface area contributed by atoms with Gasteiger partial charge >= 0.3 is 0 Å². The maximum absolute atomic E-state index is 5.21. The van der Waals surface area contributed by atoms with Crippen LogP contribution in [-0.4, -0.2) is 50.3 Å². The van der Waals surface area contributed by atoms with E-state index in [0.29, 0.717) is 0 Å². The zero-order chi connectivity index (χ0) is 15.5. The molecule has 2 heterocycles. The summed E-state index contributed by atoms with van der Waals surface area (Å²) in [6, 6.07) is 0. The lowest BCUT2D eigenvalue weighted by molar-refractivity contribution is 0.125. The minimum Gasteiger partial charge on any atom is -0.383 e. The van der Waals surface area contributed by atoms with Gasteiger partial charge in [-0.2, -0.15) is 0 Å². The van der Waals surface area contributed by atoms with Gasteiger partial charge in [0.2, 0.25) is 0 Å². The lowest BCUT2D eigenvalue weighted by Crippen LogP contribution is -2.54. The molecule has 0 spiro atoms. The molecule has 0 amide bonds. The Morgan fingerprint density at radius 3 is 2.81 bits per heavy atom. The first kappa shape index (κ1) is 16.9. The van der Waals surface area contributed by atoms with Crippen LogP contribution in [0.4, 0.5) is 0 Å². The molecule has 1 atom stereocenters. The topological polar surface area (TPSA) is 37.4 Å². The summed E-state index contributed by atoms with van der Waals surface area (Å²) in [7, 11) is 3.95. The number of nitrogens with one attached hydrogen (secondary N) is 1. The molecule has 1 saturated heterocycles. The fourth-order valence-corrected chi connectivity index (χ4v) is 4.14. The summed E-state index contributed by atoms with van der Waals surface area (Å²) in [5, 5.41) is 7.19. The van der Waals surface area contributed by atoms with Crippen LogP contribution in [-0.2, 0) is 15.7 Å². The fraction of sp³-hybridized carbons (Fsp3) is 0.812. The largest absolute Gasteiger partial charge is 0.383 e. The zero-order valence-electron chi connectivity index (χ0n) is 14.0. The third kappa shape index (κ3) is 4.03. The van der Waals surface area contributed by atoms with Gasteiger partial charge in [-0.1, -0.05) is 20.8 Å². The normalized spacial score (nSPS) is 24.4. The number of methoxy groups -OCH3 is 1. The van der Waals surface area contributed by atoms with E-state index in [2.05, 4.69) is 43.4 Å². The number of piperidine rings is 1. The molecule has 0 aromatic carbocycles. The molecule has 1 aromatic heterocycles. The van der Waals surface area contributed by atoms with Crippen molar-refractivity contribution in [1.29, 1.82) is 0 Å². The standard InChI is InChI=1S/C16H29N3OS/c1-15(2,3)13-11-21-14(18-13)16(17-8-10-20-5)7-6-9-19(4)12-16/h11,17H,6-10,12H2,1-5H3. The summed E-state index contributed by atoms with van der Waals surface area (Å²) >= 11 is 1.80. The van der Waals surface area contributed by atoms with Gasteiger partial charge in [-0.05, 0) is 26.4 Å². The number of hydrogen-bond acceptors (Lipinski definition) is 5. The number of likely N-dealkylation sites (N-methyl/N-ethyl adjacent to an activating group) is 1. The minimum absolute atomic E-state index is 0.0142. The number of rotatable bonds is 5. The number of nitrogens with zero attached hydrogens (tertiary/aromatic N) is 2. The average molecular weight is 311 g/mol. The van der Waals surface area contributed by atoms with Crippen molar-refractivity contribution in [3.05, 3.63) is 16.1 Å². The Morgan fingerprint density at radius 1 is 1.48 bits per heavy atom. The zero-order valence-corrected chi connectivity index (χ0v) is 14.8. The van der Waals surface area contributed by atoms with E-state index in [4.69, 9.17) is 9.72 Å². The van der Waals surface area contributed by atoms with E-state index in [9.17, 15) is 0 Å². The second-order valence-electron chi connectivity index (χ2n) is 7.13. The minimum atomic E-state index is -0.0142. The summed E-state index contributed by atoms with van der Waals surface area (Å²) in [5.41, 5.74) is 1.30. The Balaban J connectivity index is 2.24. The first-order chi connectivity index (χ1) is 9.87. The average Bonchev–Trinajstić information content (AvgIpc) is 2.89. The molecule has 0 saturated carbocycles. The molecule has 1 unspecified atom stereocenters. The SMILES string of the molecule is COCCNC1(c2nc(C(C)(C)C)cs2)CCCN(C)C1. The molecule has 0 aliphatic carbocycles. The van der Waals surface area contributed by atoms with E-state index in [0.717, 1.165) is 26.1 Å². The molecule has 5 heteroatoms. The highest BCUT2D eigenvalue weighted by Crippen LogP contribution is 2.35. The number of likely N-dealkylation sites (tertiary alicyclic amines) is 1. The van der Waals surface area contributed by atoms with Crippen LogP contribution in [0.5, 0.6) is 0 Å². The first-order valence-electron chi connectivity index (χ1n) is 7.76. The second-order valence-corrected chi connectivity index (χ2v) is 7.99. The van der Waals surface area contributed by atoms with Crippen LogP contribution < -0.4 is 5.32 Å². The van der Waals surface area contributed by atoms with E-state index in [1.54, 1.807) is 18.4 Å². The smallest absolute Gasteiger partial charge is 0.114 e. The summed E-state index contributed by atoms with van der Waals surface area (Å²) in [4.78, 5) is 7.38. The Labute approximate surface area is 132 Å². The number of ether oxygens (including phenoxy) is 1. The number of thiazole rings is 1. The molecule has 120 valence electrons. The molecule has 2 rings (SSSR count). The molecular weight excluding hydrogens is 282 g/mol. The molecule has 21 heavy (non-hydrogen) atoms. The van der Waals surface area contributed by atoms with Gasteiger partial charge in [-0.3, -0.25) is 0 Å². The van der Waals surface area contributed by atoms with Gasteiger partial charge < -0.3 is 15.0 Å². The molecule has 1 N–H and O–H groups in total. The number of hydrogen-bond donors (Lipinski definition) is 1. The van der Waals surface area contributed by atoms with Crippen LogP contribution >= 0.6 is 11.3 Å². The highest BCUT2D eigenvalue weighted by molar-refractivity contribution is 7.09. The highest BCUT2D eigenvalue weighted by Gasteiger charge is 2.38. The van der Waals surface area contributed by atoms with Gasteiger partial charge in [-0.15, -0.1) is 11.3 Å². The molecule has 1 aromatic rings. The fourth-order valence-electron chi connectivity index (χ4n) is 2.89. The molecular formula is C16H29N3OS. The third-order valence-electron chi connectivity index (χ3n) is 4.13. The van der Waals surface area contributed by atoms with Gasteiger partial charge in [0.1, 0.15) is 5.01 Å². The summed E-state index contributed by atoms with van der Waals surface area (Å²) < 4.78 is 5.21. The van der Waals surface area contributed by atoms with Crippen molar-refractivity contribution >= 4 is 11.3 Å². The maximum atomic E-state index is 5.21. The molecule has 1 fully saturated rings. The lowest BCUT2D eigenvalue weighted by Gasteiger charge is -2.41. The summed E-state index contributed by atoms with van der Waals surface area (Å²) in [6.45, 7) is 10.5. The lowest BCUT2D eigenvalue weighted by atomic mass is 9.89. The highest BCUT2D eigenvalue weighted by atomic mass is 32.1. The van der Waals surface area contributed by atoms with Crippen molar-refractivity contribution in [2.45, 2.75) is 44.6 Å². The molecule has 4 nitrogen and oxygen atoms in total. The van der Waals surface area contributed by atoms with Crippen LogP contribution in [0.25, 0.3) is 0 Å². The van der Waals surface area contributed by atoms with Crippen molar-refractivity contribution in [2.75, 3.05) is 40.4 Å². The molecule has 1 aliphatic rings. The number of aromatic nitrogens is 1. The maximum Gasteiger partial charge on any atom is 0.114 e. The summed E-state index contributed by atoms with van der Waals surface area (Å²) in [5.74, 6) is 0. The monoisotopic (exact) mass is 311 g/mol. The third-order valence-corrected chi connectivity index (χ3v) is 5.18. The first-order valence-corrected chi connectivity index (χ1v) is 8.64. The van der Waals surface area contributed by atoms with Crippen LogP contribution in [0.3, 0.4) is 0 Å². The van der Waals surface area contributed by atoms with Crippen molar-refractivity contribution in [3.8, 4) is 0 Å². The van der Waals surface area contributed by atoms with Crippen molar-refractivity contribution in [1.82, 2.24) is 15.2 Å². The van der Waals surface area contributed by atoms with Gasteiger partial charge in [0, 0.05) is 31.0 Å². The van der Waals surface area contributed by atoms with Crippen LogP contribution in [0.1, 0.15) is 44.3 Å². The Kier molecular flexibility index (Phi) is 5.41. The van der Waals surface area contributed by atoms with E-state index in [-0.39, 0.29) is 11.0 Å². The molecule has 0 radical (unpaired) electrons. The summed E-state index contributed by atoms with van der Waals surface area (Å²) in [6.07, 6.45) is 2.36. The van der Waals surface area contributed by atoms with Gasteiger partial charge in [0.25, 0.3) is 0 Å². The Hall–Kier alpha value is -0.490. The van der Waals surface area contributed by atoms with E-state index in [1.807, 2.05) is 0 Å². The molecule has 1 aliphatic heterocycles. The van der Waals surface area contributed by atoms with Crippen LogP contribution in [0.2, 0.25) is 0 Å². The van der Waals surface area contributed by atoms with E-state index < -0.39 is 0 Å².